The number of aliphatic carboxylic acids is 1. The molecular weight excluding hydrogens is 322 g/mol. The number of rotatable bonds is 7. The molecule has 1 N–H and O–H groups in total. The molecule has 0 aliphatic rings. The summed E-state index contributed by atoms with van der Waals surface area (Å²) in [5, 5.41) is 16.9. The summed E-state index contributed by atoms with van der Waals surface area (Å²) in [5.74, 6) is 0.201. The van der Waals surface area contributed by atoms with Crippen molar-refractivity contribution in [1.29, 1.82) is 0 Å². The Morgan fingerprint density at radius 3 is 2.52 bits per heavy atom. The SMILES string of the molecule is O=C(O)COc1ccc(CN=Nc2ccc(-c3cnco3)cc2)cc1. The van der Waals surface area contributed by atoms with Crippen LogP contribution in [0.3, 0.4) is 0 Å². The van der Waals surface area contributed by atoms with Crippen LogP contribution in [0.25, 0.3) is 11.3 Å². The van der Waals surface area contributed by atoms with Crippen molar-refractivity contribution in [1.82, 2.24) is 4.98 Å². The maximum Gasteiger partial charge on any atom is 0.341 e. The van der Waals surface area contributed by atoms with Crippen molar-refractivity contribution in [2.75, 3.05) is 6.61 Å². The van der Waals surface area contributed by atoms with Gasteiger partial charge in [0.1, 0.15) is 5.75 Å². The third kappa shape index (κ3) is 4.74. The number of nitrogens with zero attached hydrogens (tertiary/aromatic N) is 3. The van der Waals surface area contributed by atoms with Crippen molar-refractivity contribution in [3.63, 3.8) is 0 Å². The molecule has 0 aliphatic heterocycles. The van der Waals surface area contributed by atoms with E-state index in [1.807, 2.05) is 36.4 Å². The van der Waals surface area contributed by atoms with E-state index in [0.717, 1.165) is 16.8 Å². The van der Waals surface area contributed by atoms with E-state index in [-0.39, 0.29) is 6.61 Å². The maximum atomic E-state index is 10.4. The molecule has 25 heavy (non-hydrogen) atoms. The molecule has 126 valence electrons. The van der Waals surface area contributed by atoms with Gasteiger partial charge in [-0.25, -0.2) is 9.78 Å². The second-order valence-corrected chi connectivity index (χ2v) is 5.14. The minimum absolute atomic E-state index is 0.358. The third-order valence-electron chi connectivity index (χ3n) is 3.31. The van der Waals surface area contributed by atoms with Gasteiger partial charge in [-0.2, -0.15) is 10.2 Å². The van der Waals surface area contributed by atoms with Crippen LogP contribution in [-0.2, 0) is 11.3 Å². The van der Waals surface area contributed by atoms with Gasteiger partial charge >= 0.3 is 5.97 Å². The largest absolute Gasteiger partial charge is 0.482 e. The number of hydrogen-bond acceptors (Lipinski definition) is 6. The Morgan fingerprint density at radius 1 is 1.12 bits per heavy atom. The van der Waals surface area contributed by atoms with Crippen LogP contribution < -0.4 is 4.74 Å². The Labute approximate surface area is 143 Å². The summed E-state index contributed by atoms with van der Waals surface area (Å²) in [5.41, 5.74) is 2.61. The Morgan fingerprint density at radius 2 is 1.88 bits per heavy atom. The molecule has 1 heterocycles. The fraction of sp³-hybridized carbons (Fsp3) is 0.111. The second-order valence-electron chi connectivity index (χ2n) is 5.14. The summed E-state index contributed by atoms with van der Waals surface area (Å²) < 4.78 is 10.3. The number of ether oxygens (including phenoxy) is 1. The summed E-state index contributed by atoms with van der Waals surface area (Å²) in [6, 6.07) is 14.5. The van der Waals surface area contributed by atoms with Crippen LogP contribution in [0.5, 0.6) is 5.75 Å². The van der Waals surface area contributed by atoms with Crippen LogP contribution in [0.15, 0.2) is 75.8 Å². The quantitative estimate of drug-likeness (QED) is 0.655. The Hall–Kier alpha value is -3.48. The molecule has 0 saturated carbocycles. The predicted molar refractivity (Wildman–Crippen MR) is 89.7 cm³/mol. The van der Waals surface area contributed by atoms with Crippen LogP contribution in [0, 0.1) is 0 Å². The molecule has 7 nitrogen and oxygen atoms in total. The molecule has 0 spiro atoms. The molecule has 0 radical (unpaired) electrons. The molecule has 0 saturated heterocycles. The third-order valence-corrected chi connectivity index (χ3v) is 3.31. The normalized spacial score (nSPS) is 10.9. The first-order valence-electron chi connectivity index (χ1n) is 7.51. The molecule has 7 heteroatoms. The standard InChI is InChI=1S/C18H15N3O4/c22-18(23)11-24-16-7-1-13(2-8-16)9-20-21-15-5-3-14(4-6-15)17-10-19-12-25-17/h1-8,10,12H,9,11H2,(H,22,23). The average Bonchev–Trinajstić information content (AvgIpc) is 3.16. The second kappa shape index (κ2) is 7.87. The molecule has 0 amide bonds. The van der Waals surface area contributed by atoms with Crippen molar-refractivity contribution >= 4 is 11.7 Å². The van der Waals surface area contributed by atoms with E-state index in [2.05, 4.69) is 15.2 Å². The number of hydrogen-bond donors (Lipinski definition) is 1. The van der Waals surface area contributed by atoms with Crippen LogP contribution in [-0.4, -0.2) is 22.7 Å². The molecule has 3 aromatic rings. The minimum Gasteiger partial charge on any atom is -0.482 e. The lowest BCUT2D eigenvalue weighted by Crippen LogP contribution is -2.09. The number of aromatic nitrogens is 1. The summed E-state index contributed by atoms with van der Waals surface area (Å²) in [7, 11) is 0. The summed E-state index contributed by atoms with van der Waals surface area (Å²) in [6.07, 6.45) is 3.04. The zero-order valence-electron chi connectivity index (χ0n) is 13.2. The highest BCUT2D eigenvalue weighted by molar-refractivity contribution is 5.68. The number of azo groups is 1. The van der Waals surface area contributed by atoms with Crippen LogP contribution in [0.4, 0.5) is 5.69 Å². The topological polar surface area (TPSA) is 97.3 Å². The van der Waals surface area contributed by atoms with Gasteiger partial charge in [-0.05, 0) is 42.0 Å². The van der Waals surface area contributed by atoms with Gasteiger partial charge < -0.3 is 14.3 Å². The lowest BCUT2D eigenvalue weighted by atomic mass is 10.2. The van der Waals surface area contributed by atoms with Crippen LogP contribution >= 0.6 is 0 Å². The fourth-order valence-electron chi connectivity index (χ4n) is 2.09. The highest BCUT2D eigenvalue weighted by atomic mass is 16.5. The molecule has 0 bridgehead atoms. The molecule has 3 rings (SSSR count). The van der Waals surface area contributed by atoms with Gasteiger partial charge in [-0.3, -0.25) is 0 Å². The predicted octanol–water partition coefficient (Wildman–Crippen LogP) is 4.09. The van der Waals surface area contributed by atoms with E-state index in [9.17, 15) is 4.79 Å². The Bertz CT molecular complexity index is 841. The van der Waals surface area contributed by atoms with Crippen molar-refractivity contribution < 1.29 is 19.1 Å². The van der Waals surface area contributed by atoms with Crippen molar-refractivity contribution in [2.45, 2.75) is 6.54 Å². The molecule has 2 aromatic carbocycles. The van der Waals surface area contributed by atoms with Gasteiger partial charge in [-0.1, -0.05) is 12.1 Å². The van der Waals surface area contributed by atoms with E-state index < -0.39 is 5.97 Å². The first kappa shape index (κ1) is 16.4. The molecule has 1 aromatic heterocycles. The zero-order chi connectivity index (χ0) is 17.5. The number of oxazole rings is 1. The Kier molecular flexibility index (Phi) is 5.16. The highest BCUT2D eigenvalue weighted by Crippen LogP contribution is 2.22. The van der Waals surface area contributed by atoms with Crippen molar-refractivity contribution in [3.8, 4) is 17.1 Å². The first-order valence-corrected chi connectivity index (χ1v) is 7.51. The van der Waals surface area contributed by atoms with Gasteiger partial charge in [-0.15, -0.1) is 0 Å². The van der Waals surface area contributed by atoms with E-state index in [1.165, 1.54) is 6.39 Å². The number of carboxylic acids is 1. The van der Waals surface area contributed by atoms with Crippen molar-refractivity contribution in [2.24, 2.45) is 10.2 Å². The molecule has 0 atom stereocenters. The van der Waals surface area contributed by atoms with Gasteiger partial charge in [0.2, 0.25) is 0 Å². The number of carbonyl (C=O) groups is 1. The minimum atomic E-state index is -1.01. The van der Waals surface area contributed by atoms with Crippen LogP contribution in [0.2, 0.25) is 0 Å². The molecule has 0 aliphatic carbocycles. The molecule has 0 unspecified atom stereocenters. The smallest absolute Gasteiger partial charge is 0.341 e. The van der Waals surface area contributed by atoms with Gasteiger partial charge in [0.05, 0.1) is 18.4 Å². The highest BCUT2D eigenvalue weighted by Gasteiger charge is 2.01. The molecule has 0 fully saturated rings. The average molecular weight is 337 g/mol. The maximum absolute atomic E-state index is 10.4. The monoisotopic (exact) mass is 337 g/mol. The van der Waals surface area contributed by atoms with Crippen LogP contribution in [0.1, 0.15) is 5.56 Å². The zero-order valence-corrected chi connectivity index (χ0v) is 13.2. The van der Waals surface area contributed by atoms with Gasteiger partial charge in [0, 0.05) is 5.56 Å². The van der Waals surface area contributed by atoms with Gasteiger partial charge in [0.15, 0.2) is 18.8 Å². The molecular formula is C18H15N3O4. The van der Waals surface area contributed by atoms with E-state index in [4.69, 9.17) is 14.3 Å². The number of benzene rings is 2. The van der Waals surface area contributed by atoms with Gasteiger partial charge in [0.25, 0.3) is 0 Å². The fourth-order valence-corrected chi connectivity index (χ4v) is 2.09. The number of carboxylic acid groups (broad SMARTS) is 1. The Balaban J connectivity index is 1.55. The lowest BCUT2D eigenvalue weighted by molar-refractivity contribution is -0.139. The summed E-state index contributed by atoms with van der Waals surface area (Å²) in [4.78, 5) is 14.3. The van der Waals surface area contributed by atoms with E-state index in [0.29, 0.717) is 18.1 Å². The van der Waals surface area contributed by atoms with E-state index in [1.54, 1.807) is 18.3 Å². The van der Waals surface area contributed by atoms with E-state index >= 15 is 0 Å². The van der Waals surface area contributed by atoms with Crippen molar-refractivity contribution in [3.05, 3.63) is 66.7 Å². The summed E-state index contributed by atoms with van der Waals surface area (Å²) in [6.45, 7) is 0.0617. The lowest BCUT2D eigenvalue weighted by Gasteiger charge is -2.03. The first-order chi connectivity index (χ1) is 12.2. The summed E-state index contributed by atoms with van der Waals surface area (Å²) >= 11 is 0.